The number of allylic oxidation sites excluding steroid dienone is 2. The van der Waals surface area contributed by atoms with Gasteiger partial charge in [0.1, 0.15) is 0 Å². The molecule has 0 atom stereocenters. The average Bonchev–Trinajstić information content (AvgIpc) is 1.41. The van der Waals surface area contributed by atoms with Crippen LogP contribution in [-0.2, 0) is 0 Å². The maximum atomic E-state index is 4.40. The molecule has 0 aliphatic carbocycles. The predicted octanol–water partition coefficient (Wildman–Crippen LogP) is 1.88. The summed E-state index contributed by atoms with van der Waals surface area (Å²) in [5.74, 6) is 0. The summed E-state index contributed by atoms with van der Waals surface area (Å²) in [5.41, 5.74) is 0. The molecule has 0 unspecified atom stereocenters. The molecule has 0 N–H and O–H groups in total. The van der Waals surface area contributed by atoms with Crippen LogP contribution in [0.15, 0.2) is 24.1 Å². The van der Waals surface area contributed by atoms with E-state index in [-0.39, 0.29) is 0 Å². The van der Waals surface area contributed by atoms with Crippen LogP contribution in [0.3, 0.4) is 0 Å². The molecule has 0 heterocycles. The van der Waals surface area contributed by atoms with Gasteiger partial charge < -0.3 is 0 Å². The summed E-state index contributed by atoms with van der Waals surface area (Å²) < 4.78 is 0. The molecule has 0 aliphatic heterocycles. The highest BCUT2D eigenvalue weighted by Gasteiger charge is 1.44. The molecule has 0 bridgehead atoms. The molecule has 0 fully saturated rings. The van der Waals surface area contributed by atoms with Crippen molar-refractivity contribution in [3.05, 3.63) is 24.1 Å². The van der Waals surface area contributed by atoms with Gasteiger partial charge in [0.05, 0.1) is 0 Å². The third-order valence-electron chi connectivity index (χ3n) is 0.215. The van der Waals surface area contributed by atoms with Crippen LogP contribution in [0.4, 0.5) is 0 Å². The third-order valence-corrected chi connectivity index (χ3v) is 0.372. The smallest absolute Gasteiger partial charge is 0.00133 e. The zero-order valence-electron chi connectivity index (χ0n) is 2.85. The highest BCUT2D eigenvalue weighted by atomic mass is 32.1. The van der Waals surface area contributed by atoms with Gasteiger partial charge in [-0.3, -0.25) is 0 Å². The molecule has 0 aliphatic rings. The van der Waals surface area contributed by atoms with Crippen LogP contribution < -0.4 is 0 Å². The van der Waals surface area contributed by atoms with E-state index in [9.17, 15) is 0 Å². The second-order valence-electron chi connectivity index (χ2n) is 0.564. The highest BCUT2D eigenvalue weighted by molar-refractivity contribution is 7.83. The fourth-order valence-electron chi connectivity index (χ4n) is 0.0556. The van der Waals surface area contributed by atoms with Crippen LogP contribution in [0.25, 0.3) is 0 Å². The lowest BCUT2D eigenvalue weighted by Crippen LogP contribution is -1.29. The Kier molecular flexibility index (Phi) is 3.48. The van der Waals surface area contributed by atoms with Crippen molar-refractivity contribution in [2.24, 2.45) is 0 Å². The standard InChI is InChI=1S/C4H5S/c1-2-3-4-5/h2-4H,1H2. The molecular formula is C4H5S. The van der Waals surface area contributed by atoms with Crippen molar-refractivity contribution < 1.29 is 0 Å². The molecule has 1 heteroatoms. The second-order valence-corrected chi connectivity index (χ2v) is 0.836. The molecule has 0 aromatic carbocycles. The van der Waals surface area contributed by atoms with Crippen LogP contribution in [-0.4, -0.2) is 0 Å². The van der Waals surface area contributed by atoms with E-state index in [2.05, 4.69) is 19.2 Å². The zero-order chi connectivity index (χ0) is 4.12. The summed E-state index contributed by atoms with van der Waals surface area (Å²) in [6.07, 6.45) is 3.35. The van der Waals surface area contributed by atoms with Crippen molar-refractivity contribution in [1.29, 1.82) is 0 Å². The van der Waals surface area contributed by atoms with E-state index in [1.54, 1.807) is 12.2 Å². The maximum absolute atomic E-state index is 4.40. The molecule has 27 valence electrons. The Balaban J connectivity index is 2.92. The molecular weight excluding hydrogens is 80.1 g/mol. The zero-order valence-corrected chi connectivity index (χ0v) is 3.66. The Morgan fingerprint density at radius 1 is 1.60 bits per heavy atom. The van der Waals surface area contributed by atoms with Crippen molar-refractivity contribution >= 4 is 12.6 Å². The van der Waals surface area contributed by atoms with Gasteiger partial charge >= 0.3 is 0 Å². The van der Waals surface area contributed by atoms with Crippen LogP contribution in [0.5, 0.6) is 0 Å². The summed E-state index contributed by atoms with van der Waals surface area (Å²) in [7, 11) is 0. The van der Waals surface area contributed by atoms with Crippen molar-refractivity contribution in [1.82, 2.24) is 0 Å². The first-order valence-corrected chi connectivity index (χ1v) is 1.78. The fraction of sp³-hybridized carbons (Fsp3) is 0. The van der Waals surface area contributed by atoms with E-state index < -0.39 is 0 Å². The van der Waals surface area contributed by atoms with Crippen LogP contribution >= 0.6 is 12.6 Å². The lowest BCUT2D eigenvalue weighted by Gasteiger charge is -1.54. The number of hydrogen-bond acceptors (Lipinski definition) is 0. The largest absolute Gasteiger partial charge is 0.0990 e. The minimum Gasteiger partial charge on any atom is -0.0990 e. The topological polar surface area (TPSA) is 0 Å². The van der Waals surface area contributed by atoms with Gasteiger partial charge in [0.15, 0.2) is 0 Å². The normalized spacial score (nSPS) is 8.80. The van der Waals surface area contributed by atoms with E-state index in [1.165, 1.54) is 5.41 Å². The lowest BCUT2D eigenvalue weighted by atomic mass is 10.6. The minimum atomic E-state index is 1.52. The Morgan fingerprint density at radius 2 is 2.20 bits per heavy atom. The monoisotopic (exact) mass is 85.0 g/mol. The number of hydrogen-bond donors (Lipinski definition) is 0. The van der Waals surface area contributed by atoms with Crippen molar-refractivity contribution in [3.63, 3.8) is 0 Å². The van der Waals surface area contributed by atoms with Gasteiger partial charge in [-0.15, -0.1) is 0 Å². The molecule has 0 nitrogen and oxygen atoms in total. The summed E-state index contributed by atoms with van der Waals surface area (Å²) in [5, 5.41) is 1.52. The maximum Gasteiger partial charge on any atom is 0.00133 e. The summed E-state index contributed by atoms with van der Waals surface area (Å²) >= 11 is 4.40. The predicted molar refractivity (Wildman–Crippen MR) is 26.9 cm³/mol. The summed E-state index contributed by atoms with van der Waals surface area (Å²) in [6.45, 7) is 3.40. The van der Waals surface area contributed by atoms with E-state index >= 15 is 0 Å². The van der Waals surface area contributed by atoms with E-state index in [0.717, 1.165) is 0 Å². The highest BCUT2D eigenvalue weighted by Crippen LogP contribution is 1.73. The molecule has 0 saturated carbocycles. The van der Waals surface area contributed by atoms with Gasteiger partial charge in [0.2, 0.25) is 0 Å². The van der Waals surface area contributed by atoms with Gasteiger partial charge in [-0.2, -0.15) is 0 Å². The molecule has 5 heavy (non-hydrogen) atoms. The Morgan fingerprint density at radius 3 is 2.20 bits per heavy atom. The third kappa shape index (κ3) is 3.70. The van der Waals surface area contributed by atoms with Crippen LogP contribution in [0.1, 0.15) is 0 Å². The SMILES string of the molecule is C=CC=C[S]. The average molecular weight is 85.2 g/mol. The van der Waals surface area contributed by atoms with Gasteiger partial charge in [-0.1, -0.05) is 31.4 Å². The van der Waals surface area contributed by atoms with Crippen LogP contribution in [0.2, 0.25) is 0 Å². The van der Waals surface area contributed by atoms with Gasteiger partial charge in [0, 0.05) is 5.41 Å². The van der Waals surface area contributed by atoms with Crippen molar-refractivity contribution in [2.45, 2.75) is 0 Å². The van der Waals surface area contributed by atoms with E-state index in [0.29, 0.717) is 0 Å². The van der Waals surface area contributed by atoms with E-state index in [1.807, 2.05) is 0 Å². The second kappa shape index (κ2) is 3.70. The van der Waals surface area contributed by atoms with Gasteiger partial charge in [-0.05, 0) is 0 Å². The Labute approximate surface area is 37.6 Å². The van der Waals surface area contributed by atoms with Crippen LogP contribution in [0, 0.1) is 0 Å². The van der Waals surface area contributed by atoms with Crippen molar-refractivity contribution in [3.8, 4) is 0 Å². The molecule has 0 aromatic rings. The molecule has 0 saturated heterocycles. The van der Waals surface area contributed by atoms with E-state index in [4.69, 9.17) is 0 Å². The quantitative estimate of drug-likeness (QED) is 0.426. The first-order valence-electron chi connectivity index (χ1n) is 1.31. The van der Waals surface area contributed by atoms with Crippen molar-refractivity contribution in [2.75, 3.05) is 0 Å². The Hall–Kier alpha value is -0.300. The fourth-order valence-corrected chi connectivity index (χ4v) is 0.167. The first-order chi connectivity index (χ1) is 2.41. The first kappa shape index (κ1) is 4.70. The molecule has 0 aromatic heterocycles. The molecule has 0 spiro atoms. The lowest BCUT2D eigenvalue weighted by molar-refractivity contribution is 2.13. The Bertz CT molecular complexity index is 45.6. The molecule has 1 radical (unpaired) electrons. The molecule has 0 amide bonds. The minimum absolute atomic E-state index is 1.52. The summed E-state index contributed by atoms with van der Waals surface area (Å²) in [6, 6.07) is 0. The number of rotatable bonds is 1. The van der Waals surface area contributed by atoms with Gasteiger partial charge in [-0.25, -0.2) is 0 Å². The molecule has 0 rings (SSSR count). The summed E-state index contributed by atoms with van der Waals surface area (Å²) in [4.78, 5) is 0. The van der Waals surface area contributed by atoms with Gasteiger partial charge in [0.25, 0.3) is 0 Å².